The maximum Gasteiger partial charge on any atom is 0.326 e. The molecule has 1 N–H and O–H groups in total. The van der Waals surface area contributed by atoms with E-state index in [0.29, 0.717) is 12.0 Å². The number of esters is 1. The number of nitrogens with one attached hydrogen (secondary N) is 1. The highest BCUT2D eigenvalue weighted by Crippen LogP contribution is 2.39. The van der Waals surface area contributed by atoms with Crippen LogP contribution in [0.5, 0.6) is 0 Å². The highest BCUT2D eigenvalue weighted by Gasteiger charge is 2.49. The van der Waals surface area contributed by atoms with E-state index in [-0.39, 0.29) is 5.97 Å². The second kappa shape index (κ2) is 7.25. The number of ether oxygens (including phenoxy) is 1. The first-order valence-corrected chi connectivity index (χ1v) is 7.51. The van der Waals surface area contributed by atoms with Crippen molar-refractivity contribution in [3.8, 4) is 0 Å². The highest BCUT2D eigenvalue weighted by atomic mass is 16.5. The minimum Gasteiger partial charge on any atom is -0.468 e. The maximum absolute atomic E-state index is 12.3. The summed E-state index contributed by atoms with van der Waals surface area (Å²) >= 11 is 0. The van der Waals surface area contributed by atoms with E-state index in [0.717, 1.165) is 38.8 Å². The second-order valence-electron chi connectivity index (χ2n) is 6.04. The van der Waals surface area contributed by atoms with Gasteiger partial charge in [-0.15, -0.1) is 0 Å². The molecular formula is C15H30N2O2. The van der Waals surface area contributed by atoms with Crippen LogP contribution < -0.4 is 5.32 Å². The van der Waals surface area contributed by atoms with Crippen molar-refractivity contribution >= 4 is 5.97 Å². The average Bonchev–Trinajstić information content (AvgIpc) is 2.78. The minimum absolute atomic E-state index is 0.0807. The first-order chi connectivity index (χ1) is 8.96. The van der Waals surface area contributed by atoms with Crippen molar-refractivity contribution in [1.82, 2.24) is 10.2 Å². The number of hydrogen-bond acceptors (Lipinski definition) is 4. The number of hydrogen-bond donors (Lipinski definition) is 1. The Morgan fingerprint density at radius 3 is 2.74 bits per heavy atom. The molecule has 112 valence electrons. The summed E-state index contributed by atoms with van der Waals surface area (Å²) < 4.78 is 5.09. The molecule has 4 heteroatoms. The van der Waals surface area contributed by atoms with Gasteiger partial charge in [0.2, 0.25) is 0 Å². The fraction of sp³-hybridized carbons (Fsp3) is 0.933. The summed E-state index contributed by atoms with van der Waals surface area (Å²) in [5, 5.41) is 3.50. The SMILES string of the molecule is CCN(C)CCC1CCCC1(NC(C)C)C(=O)OC. The van der Waals surface area contributed by atoms with Crippen LogP contribution in [0.25, 0.3) is 0 Å². The van der Waals surface area contributed by atoms with E-state index in [1.165, 1.54) is 7.11 Å². The Morgan fingerprint density at radius 1 is 1.53 bits per heavy atom. The summed E-state index contributed by atoms with van der Waals surface area (Å²) in [4.78, 5) is 14.6. The van der Waals surface area contributed by atoms with Gasteiger partial charge in [-0.1, -0.05) is 13.3 Å². The van der Waals surface area contributed by atoms with Crippen LogP contribution in [-0.4, -0.2) is 49.7 Å². The van der Waals surface area contributed by atoms with Gasteiger partial charge >= 0.3 is 5.97 Å². The molecule has 0 heterocycles. The summed E-state index contributed by atoms with van der Waals surface area (Å²) in [6.45, 7) is 8.44. The highest BCUT2D eigenvalue weighted by molar-refractivity contribution is 5.81. The average molecular weight is 270 g/mol. The van der Waals surface area contributed by atoms with Crippen molar-refractivity contribution in [3.63, 3.8) is 0 Å². The molecule has 1 aliphatic rings. The van der Waals surface area contributed by atoms with Gasteiger partial charge in [0, 0.05) is 6.04 Å². The van der Waals surface area contributed by atoms with Crippen molar-refractivity contribution in [3.05, 3.63) is 0 Å². The third-order valence-corrected chi connectivity index (χ3v) is 4.32. The van der Waals surface area contributed by atoms with Gasteiger partial charge in [-0.25, -0.2) is 0 Å². The van der Waals surface area contributed by atoms with E-state index in [1.807, 2.05) is 0 Å². The first-order valence-electron chi connectivity index (χ1n) is 7.51. The Labute approximate surface area is 117 Å². The van der Waals surface area contributed by atoms with Crippen molar-refractivity contribution < 1.29 is 9.53 Å². The van der Waals surface area contributed by atoms with E-state index in [2.05, 4.69) is 38.0 Å². The van der Waals surface area contributed by atoms with Crippen LogP contribution in [0.4, 0.5) is 0 Å². The molecule has 1 aliphatic carbocycles. The number of rotatable bonds is 7. The van der Waals surface area contributed by atoms with Crippen LogP contribution >= 0.6 is 0 Å². The number of carbonyl (C=O) groups is 1. The normalized spacial score (nSPS) is 27.2. The van der Waals surface area contributed by atoms with Gasteiger partial charge in [-0.3, -0.25) is 10.1 Å². The summed E-state index contributed by atoms with van der Waals surface area (Å²) in [6, 6.07) is 0.295. The Kier molecular flexibility index (Phi) is 6.27. The van der Waals surface area contributed by atoms with Crippen molar-refractivity contribution in [2.75, 3.05) is 27.2 Å². The fourth-order valence-electron chi connectivity index (χ4n) is 3.22. The van der Waals surface area contributed by atoms with E-state index in [9.17, 15) is 4.79 Å². The molecule has 0 aromatic heterocycles. The molecule has 0 bridgehead atoms. The molecule has 2 unspecified atom stereocenters. The van der Waals surface area contributed by atoms with Crippen LogP contribution in [-0.2, 0) is 9.53 Å². The summed E-state index contributed by atoms with van der Waals surface area (Å²) in [5.74, 6) is 0.305. The number of methoxy groups -OCH3 is 1. The summed E-state index contributed by atoms with van der Waals surface area (Å²) in [7, 11) is 3.63. The van der Waals surface area contributed by atoms with Crippen LogP contribution in [0, 0.1) is 5.92 Å². The lowest BCUT2D eigenvalue weighted by atomic mass is 9.83. The standard InChI is InChI=1S/C15H30N2O2/c1-6-17(4)11-9-13-8-7-10-15(13,14(18)19-5)16-12(2)3/h12-13,16H,6-11H2,1-5H3. The third kappa shape index (κ3) is 3.93. The second-order valence-corrected chi connectivity index (χ2v) is 6.04. The molecule has 0 radical (unpaired) electrons. The Bertz CT molecular complexity index is 294. The van der Waals surface area contributed by atoms with Crippen LogP contribution in [0.1, 0.15) is 46.5 Å². The smallest absolute Gasteiger partial charge is 0.326 e. The monoisotopic (exact) mass is 270 g/mol. The summed E-state index contributed by atoms with van der Waals surface area (Å²) in [6.07, 6.45) is 4.18. The molecule has 4 nitrogen and oxygen atoms in total. The van der Waals surface area contributed by atoms with Crippen molar-refractivity contribution in [2.24, 2.45) is 5.92 Å². The molecule has 0 aliphatic heterocycles. The zero-order chi connectivity index (χ0) is 14.5. The van der Waals surface area contributed by atoms with Gasteiger partial charge in [0.1, 0.15) is 5.54 Å². The van der Waals surface area contributed by atoms with Crippen molar-refractivity contribution in [2.45, 2.75) is 58.0 Å². The third-order valence-electron chi connectivity index (χ3n) is 4.32. The molecule has 0 spiro atoms. The lowest BCUT2D eigenvalue weighted by molar-refractivity contribution is -0.151. The Balaban J connectivity index is 2.78. The zero-order valence-electron chi connectivity index (χ0n) is 13.2. The summed E-state index contributed by atoms with van der Waals surface area (Å²) in [5.41, 5.74) is -0.461. The Hall–Kier alpha value is -0.610. The lowest BCUT2D eigenvalue weighted by Crippen LogP contribution is -2.58. The minimum atomic E-state index is -0.461. The molecule has 1 rings (SSSR count). The number of nitrogens with zero attached hydrogens (tertiary/aromatic N) is 1. The quantitative estimate of drug-likeness (QED) is 0.719. The molecule has 1 saturated carbocycles. The number of carbonyl (C=O) groups excluding carboxylic acids is 1. The lowest BCUT2D eigenvalue weighted by Gasteiger charge is -2.36. The molecular weight excluding hydrogens is 240 g/mol. The predicted octanol–water partition coefficient (Wildman–Crippen LogP) is 2.04. The van der Waals surface area contributed by atoms with E-state index < -0.39 is 5.54 Å². The molecule has 1 fully saturated rings. The maximum atomic E-state index is 12.3. The molecule has 0 aromatic rings. The molecule has 0 aromatic carbocycles. The predicted molar refractivity (Wildman–Crippen MR) is 78.1 cm³/mol. The first kappa shape index (κ1) is 16.4. The van der Waals surface area contributed by atoms with E-state index >= 15 is 0 Å². The van der Waals surface area contributed by atoms with Crippen LogP contribution in [0.2, 0.25) is 0 Å². The largest absolute Gasteiger partial charge is 0.468 e. The molecule has 0 saturated heterocycles. The van der Waals surface area contributed by atoms with E-state index in [4.69, 9.17) is 4.74 Å². The van der Waals surface area contributed by atoms with Gasteiger partial charge < -0.3 is 9.64 Å². The van der Waals surface area contributed by atoms with Gasteiger partial charge in [-0.05, 0) is 59.2 Å². The van der Waals surface area contributed by atoms with Gasteiger partial charge in [0.15, 0.2) is 0 Å². The van der Waals surface area contributed by atoms with Crippen LogP contribution in [0.15, 0.2) is 0 Å². The van der Waals surface area contributed by atoms with Crippen LogP contribution in [0.3, 0.4) is 0 Å². The van der Waals surface area contributed by atoms with Gasteiger partial charge in [-0.2, -0.15) is 0 Å². The fourth-order valence-corrected chi connectivity index (χ4v) is 3.22. The van der Waals surface area contributed by atoms with E-state index in [1.54, 1.807) is 0 Å². The zero-order valence-corrected chi connectivity index (χ0v) is 13.2. The molecule has 19 heavy (non-hydrogen) atoms. The topological polar surface area (TPSA) is 41.6 Å². The molecule has 2 atom stereocenters. The Morgan fingerprint density at radius 2 is 2.21 bits per heavy atom. The van der Waals surface area contributed by atoms with Gasteiger partial charge in [0.05, 0.1) is 7.11 Å². The van der Waals surface area contributed by atoms with Crippen molar-refractivity contribution in [1.29, 1.82) is 0 Å². The molecule has 0 amide bonds. The van der Waals surface area contributed by atoms with Gasteiger partial charge in [0.25, 0.3) is 0 Å².